The molecule has 0 nitrogen and oxygen atoms in total. The third kappa shape index (κ3) is 9.78. The second-order valence-electron chi connectivity index (χ2n) is 5.17. The minimum atomic E-state index is -1.02. The average molecular weight is 210 g/mol. The van der Waals surface area contributed by atoms with E-state index in [1.807, 2.05) is 0 Å². The molecule has 0 amide bonds. The van der Waals surface area contributed by atoms with Crippen LogP contribution in [0.2, 0.25) is 19.6 Å². The van der Waals surface area contributed by atoms with Crippen molar-refractivity contribution in [3.63, 3.8) is 0 Å². The largest absolute Gasteiger partial charge is 0.0959 e. The molecule has 0 saturated carbocycles. The van der Waals surface area contributed by atoms with E-state index in [1.54, 1.807) is 0 Å². The molecule has 0 aliphatic heterocycles. The fourth-order valence-electron chi connectivity index (χ4n) is 1.23. The van der Waals surface area contributed by atoms with E-state index in [0.29, 0.717) is 0 Å². The van der Waals surface area contributed by atoms with Crippen molar-refractivity contribution in [1.82, 2.24) is 0 Å². The molecule has 0 heterocycles. The second-order valence-corrected chi connectivity index (χ2v) is 10.2. The van der Waals surface area contributed by atoms with Crippen LogP contribution in [0.25, 0.3) is 0 Å². The lowest BCUT2D eigenvalue weighted by Gasteiger charge is -2.08. The van der Waals surface area contributed by atoms with Crippen LogP contribution in [0.3, 0.4) is 0 Å². The van der Waals surface area contributed by atoms with Gasteiger partial charge in [0.25, 0.3) is 0 Å². The van der Waals surface area contributed by atoms with Crippen molar-refractivity contribution in [1.29, 1.82) is 0 Å². The normalized spacial score (nSPS) is 12.3. The third-order valence-corrected chi connectivity index (χ3v) is 3.34. The maximum absolute atomic E-state index is 4.09. The summed E-state index contributed by atoms with van der Waals surface area (Å²) in [6.07, 6.45) is 8.78. The Labute approximate surface area is 91.1 Å². The summed E-state index contributed by atoms with van der Waals surface area (Å²) >= 11 is 0. The first-order chi connectivity index (χ1) is 6.45. The maximum Gasteiger partial charge on any atom is 0.0687 e. The van der Waals surface area contributed by atoms with Crippen molar-refractivity contribution in [2.75, 3.05) is 0 Å². The van der Waals surface area contributed by atoms with Crippen LogP contribution in [-0.4, -0.2) is 8.07 Å². The lowest BCUT2D eigenvalue weighted by Crippen LogP contribution is -2.15. The molecule has 0 atom stereocenters. The van der Waals surface area contributed by atoms with E-state index in [0.717, 1.165) is 0 Å². The molecule has 0 aromatic carbocycles. The predicted octanol–water partition coefficient (Wildman–Crippen LogP) is 4.95. The standard InChI is InChI=1S/C13H26Si/c1-6-7-8-9-10-13(2)11-12-14(3,4)5/h11-12H,2,6-10H2,1,3-5H3/b12-11+. The Morgan fingerprint density at radius 1 is 1.14 bits per heavy atom. The summed E-state index contributed by atoms with van der Waals surface area (Å²) in [5, 5.41) is 0. The summed E-state index contributed by atoms with van der Waals surface area (Å²) in [5.74, 6) is 0. The van der Waals surface area contributed by atoms with Crippen LogP contribution in [0.1, 0.15) is 39.0 Å². The van der Waals surface area contributed by atoms with Gasteiger partial charge >= 0.3 is 0 Å². The van der Waals surface area contributed by atoms with Gasteiger partial charge in [-0.05, 0) is 12.8 Å². The smallest absolute Gasteiger partial charge is 0.0687 e. The molecule has 14 heavy (non-hydrogen) atoms. The van der Waals surface area contributed by atoms with Gasteiger partial charge in [-0.3, -0.25) is 0 Å². The van der Waals surface area contributed by atoms with Gasteiger partial charge in [0.15, 0.2) is 0 Å². The van der Waals surface area contributed by atoms with Gasteiger partial charge in [0.2, 0.25) is 0 Å². The molecule has 82 valence electrons. The lowest BCUT2D eigenvalue weighted by atomic mass is 10.1. The molecular weight excluding hydrogens is 184 g/mol. The van der Waals surface area contributed by atoms with Crippen LogP contribution in [0.4, 0.5) is 0 Å². The fourth-order valence-corrected chi connectivity index (χ4v) is 1.97. The number of allylic oxidation sites excluding steroid dienone is 2. The zero-order valence-electron chi connectivity index (χ0n) is 10.4. The first-order valence-corrected chi connectivity index (χ1v) is 9.40. The molecule has 0 rings (SSSR count). The van der Waals surface area contributed by atoms with Crippen molar-refractivity contribution in [2.45, 2.75) is 58.7 Å². The van der Waals surface area contributed by atoms with Crippen molar-refractivity contribution in [2.24, 2.45) is 0 Å². The van der Waals surface area contributed by atoms with Gasteiger partial charge in [0.05, 0.1) is 8.07 Å². The molecule has 0 fully saturated rings. The molecule has 0 aliphatic rings. The van der Waals surface area contributed by atoms with E-state index in [4.69, 9.17) is 0 Å². The Kier molecular flexibility index (Phi) is 6.90. The van der Waals surface area contributed by atoms with E-state index < -0.39 is 8.07 Å². The van der Waals surface area contributed by atoms with Gasteiger partial charge < -0.3 is 0 Å². The molecule has 1 heteroatoms. The van der Waals surface area contributed by atoms with Gasteiger partial charge in [-0.25, -0.2) is 0 Å². The lowest BCUT2D eigenvalue weighted by molar-refractivity contribution is 0.669. The van der Waals surface area contributed by atoms with Crippen molar-refractivity contribution in [3.05, 3.63) is 23.9 Å². The Balaban J connectivity index is 3.61. The molecule has 0 aromatic heterocycles. The number of hydrogen-bond donors (Lipinski definition) is 0. The summed E-state index contributed by atoms with van der Waals surface area (Å²) in [4.78, 5) is 0. The van der Waals surface area contributed by atoms with Crippen molar-refractivity contribution < 1.29 is 0 Å². The predicted molar refractivity (Wildman–Crippen MR) is 70.4 cm³/mol. The Morgan fingerprint density at radius 3 is 2.29 bits per heavy atom. The van der Waals surface area contributed by atoms with Gasteiger partial charge in [0.1, 0.15) is 0 Å². The number of rotatable bonds is 7. The maximum atomic E-state index is 4.09. The first-order valence-electron chi connectivity index (χ1n) is 5.82. The van der Waals surface area contributed by atoms with Crippen LogP contribution < -0.4 is 0 Å². The molecule has 0 N–H and O–H groups in total. The van der Waals surface area contributed by atoms with E-state index in [1.165, 1.54) is 37.7 Å². The van der Waals surface area contributed by atoms with E-state index in [-0.39, 0.29) is 0 Å². The molecule has 0 aromatic rings. The van der Waals surface area contributed by atoms with Crippen LogP contribution in [-0.2, 0) is 0 Å². The zero-order valence-corrected chi connectivity index (χ0v) is 11.4. The molecule has 0 unspecified atom stereocenters. The third-order valence-electron chi connectivity index (χ3n) is 2.17. The number of hydrogen-bond acceptors (Lipinski definition) is 0. The monoisotopic (exact) mass is 210 g/mol. The van der Waals surface area contributed by atoms with Gasteiger partial charge in [-0.1, -0.05) is 69.8 Å². The minimum Gasteiger partial charge on any atom is -0.0959 e. The molecule has 0 aliphatic carbocycles. The molecule has 0 saturated heterocycles. The van der Waals surface area contributed by atoms with E-state index in [9.17, 15) is 0 Å². The van der Waals surface area contributed by atoms with Crippen LogP contribution in [0.15, 0.2) is 23.9 Å². The molecular formula is C13H26Si. The summed E-state index contributed by atoms with van der Waals surface area (Å²) in [6.45, 7) is 13.4. The average Bonchev–Trinajstić information content (AvgIpc) is 2.08. The highest BCUT2D eigenvalue weighted by molar-refractivity contribution is 6.81. The second kappa shape index (κ2) is 7.05. The van der Waals surface area contributed by atoms with Gasteiger partial charge in [-0.15, -0.1) is 0 Å². The van der Waals surface area contributed by atoms with E-state index >= 15 is 0 Å². The van der Waals surface area contributed by atoms with Crippen LogP contribution in [0, 0.1) is 0 Å². The van der Waals surface area contributed by atoms with E-state index in [2.05, 4.69) is 44.9 Å². The highest BCUT2D eigenvalue weighted by Crippen LogP contribution is 2.11. The molecule has 0 bridgehead atoms. The number of unbranched alkanes of at least 4 members (excludes halogenated alkanes) is 3. The van der Waals surface area contributed by atoms with Crippen molar-refractivity contribution >= 4 is 8.07 Å². The zero-order chi connectivity index (χ0) is 11.0. The fraction of sp³-hybridized carbons (Fsp3) is 0.692. The Bertz CT molecular complexity index is 184. The Morgan fingerprint density at radius 2 is 1.79 bits per heavy atom. The minimum absolute atomic E-state index is 1.02. The SMILES string of the molecule is C=C(/C=C/[Si](C)(C)C)CCCCCC. The van der Waals surface area contributed by atoms with Crippen molar-refractivity contribution in [3.8, 4) is 0 Å². The Hall–Kier alpha value is -0.303. The first kappa shape index (κ1) is 13.7. The summed E-state index contributed by atoms with van der Waals surface area (Å²) in [5.41, 5.74) is 3.69. The highest BCUT2D eigenvalue weighted by atomic mass is 28.3. The molecule has 0 spiro atoms. The van der Waals surface area contributed by atoms with Crippen LogP contribution >= 0.6 is 0 Å². The highest BCUT2D eigenvalue weighted by Gasteiger charge is 2.06. The summed E-state index contributed by atoms with van der Waals surface area (Å²) < 4.78 is 0. The van der Waals surface area contributed by atoms with Crippen LogP contribution in [0.5, 0.6) is 0 Å². The summed E-state index contributed by atoms with van der Waals surface area (Å²) in [7, 11) is -1.02. The van der Waals surface area contributed by atoms with Gasteiger partial charge in [0, 0.05) is 0 Å². The van der Waals surface area contributed by atoms with Gasteiger partial charge in [-0.2, -0.15) is 0 Å². The summed E-state index contributed by atoms with van der Waals surface area (Å²) in [6, 6.07) is 0. The quantitative estimate of drug-likeness (QED) is 0.317. The molecule has 0 radical (unpaired) electrons. The topological polar surface area (TPSA) is 0 Å².